The lowest BCUT2D eigenvalue weighted by atomic mass is 9.89. The van der Waals surface area contributed by atoms with Crippen LogP contribution in [0.1, 0.15) is 29.6 Å². The molecule has 1 unspecified atom stereocenters. The maximum atomic E-state index is 13.9. The molecule has 5 nitrogen and oxygen atoms in total. The molecule has 170 valence electrons. The molecule has 1 heterocycles. The maximum absolute atomic E-state index is 13.9. The minimum atomic E-state index is -4.26. The Morgan fingerprint density at radius 2 is 1.70 bits per heavy atom. The first-order valence-electron chi connectivity index (χ1n) is 9.92. The Balaban J connectivity index is 1.98. The van der Waals surface area contributed by atoms with Crippen molar-refractivity contribution in [2.45, 2.75) is 23.4 Å². The Morgan fingerprint density at radius 3 is 2.33 bits per heavy atom. The Hall–Kier alpha value is -2.52. The van der Waals surface area contributed by atoms with Crippen LogP contribution in [0.15, 0.2) is 93.8 Å². The third kappa shape index (κ3) is 4.75. The van der Waals surface area contributed by atoms with E-state index < -0.39 is 33.9 Å². The van der Waals surface area contributed by atoms with Crippen molar-refractivity contribution >= 4 is 43.5 Å². The summed E-state index contributed by atoms with van der Waals surface area (Å²) in [6.45, 7) is 0. The first kappa shape index (κ1) is 23.6. The van der Waals surface area contributed by atoms with Crippen molar-refractivity contribution in [3.05, 3.63) is 111 Å². The number of carbonyl (C=O) groups is 1. The first-order chi connectivity index (χ1) is 15.7. The molecule has 3 aromatic carbocycles. The van der Waals surface area contributed by atoms with Gasteiger partial charge in [-0.3, -0.25) is 0 Å². The van der Waals surface area contributed by atoms with Gasteiger partial charge in [-0.25, -0.2) is 17.6 Å². The summed E-state index contributed by atoms with van der Waals surface area (Å²) in [7, 11) is -4.26. The Bertz CT molecular complexity index is 1340. The third-order valence-electron chi connectivity index (χ3n) is 5.45. The number of hydrogen-bond acceptors (Lipinski definition) is 3. The summed E-state index contributed by atoms with van der Waals surface area (Å²) in [6.07, 6.45) is 1.70. The standard InChI is InChI=1S/C24H18BrClFNO4S/c25-17-5-1-3-15(13-17)22-12-11-21(24(29)30)23(16-4-2-6-18(26)14-16)28(22)33(31,32)20-9-7-19(27)8-10-20/h1-11,13-14,22-23H,12H2,(H,29,30)/t22-,23?/m0/s1. The van der Waals surface area contributed by atoms with Crippen LogP contribution in [0.4, 0.5) is 4.39 Å². The lowest BCUT2D eigenvalue weighted by Gasteiger charge is -2.40. The van der Waals surface area contributed by atoms with Gasteiger partial charge in [-0.05, 0) is 66.1 Å². The van der Waals surface area contributed by atoms with Gasteiger partial charge in [-0.2, -0.15) is 4.31 Å². The van der Waals surface area contributed by atoms with Crippen molar-refractivity contribution in [1.29, 1.82) is 0 Å². The van der Waals surface area contributed by atoms with Crippen LogP contribution in [0.3, 0.4) is 0 Å². The fourth-order valence-electron chi connectivity index (χ4n) is 4.01. The predicted octanol–water partition coefficient (Wildman–Crippen LogP) is 6.13. The van der Waals surface area contributed by atoms with Crippen molar-refractivity contribution < 1.29 is 22.7 Å². The summed E-state index contributed by atoms with van der Waals surface area (Å²) >= 11 is 9.60. The summed E-state index contributed by atoms with van der Waals surface area (Å²) in [4.78, 5) is 12.1. The highest BCUT2D eigenvalue weighted by atomic mass is 79.9. The van der Waals surface area contributed by atoms with Crippen LogP contribution in [0.2, 0.25) is 5.02 Å². The van der Waals surface area contributed by atoms with E-state index in [1.54, 1.807) is 48.5 Å². The van der Waals surface area contributed by atoms with E-state index in [0.717, 1.165) is 16.6 Å². The number of nitrogens with zero attached hydrogens (tertiary/aromatic N) is 1. The van der Waals surface area contributed by atoms with Gasteiger partial charge in [0.1, 0.15) is 5.82 Å². The Labute approximate surface area is 204 Å². The molecule has 0 amide bonds. The molecular weight excluding hydrogens is 533 g/mol. The lowest BCUT2D eigenvalue weighted by molar-refractivity contribution is -0.133. The van der Waals surface area contributed by atoms with Gasteiger partial charge in [0, 0.05) is 9.50 Å². The second-order valence-corrected chi connectivity index (χ2v) is 10.7. The normalized spacial score (nSPS) is 19.2. The number of hydrogen-bond donors (Lipinski definition) is 1. The minimum Gasteiger partial charge on any atom is -0.478 e. The van der Waals surface area contributed by atoms with E-state index in [2.05, 4.69) is 15.9 Å². The van der Waals surface area contributed by atoms with Crippen LogP contribution in [-0.4, -0.2) is 23.8 Å². The molecule has 1 N–H and O–H groups in total. The Morgan fingerprint density at radius 1 is 1.03 bits per heavy atom. The average molecular weight is 551 g/mol. The summed E-state index contributed by atoms with van der Waals surface area (Å²) < 4.78 is 43.4. The van der Waals surface area contributed by atoms with E-state index >= 15 is 0 Å². The topological polar surface area (TPSA) is 74.7 Å². The number of benzene rings is 3. The predicted molar refractivity (Wildman–Crippen MR) is 127 cm³/mol. The molecule has 0 saturated heterocycles. The van der Waals surface area contributed by atoms with Gasteiger partial charge in [-0.15, -0.1) is 0 Å². The van der Waals surface area contributed by atoms with Gasteiger partial charge in [0.25, 0.3) is 0 Å². The lowest BCUT2D eigenvalue weighted by Crippen LogP contribution is -2.42. The molecule has 33 heavy (non-hydrogen) atoms. The van der Waals surface area contributed by atoms with E-state index in [1.165, 1.54) is 16.4 Å². The van der Waals surface area contributed by atoms with Gasteiger partial charge in [0.15, 0.2) is 0 Å². The molecule has 0 spiro atoms. The molecule has 1 aliphatic heterocycles. The van der Waals surface area contributed by atoms with Crippen LogP contribution < -0.4 is 0 Å². The van der Waals surface area contributed by atoms with E-state index in [9.17, 15) is 22.7 Å². The molecule has 3 aromatic rings. The highest BCUT2D eigenvalue weighted by molar-refractivity contribution is 9.10. The number of sulfonamides is 1. The van der Waals surface area contributed by atoms with Crippen LogP contribution >= 0.6 is 27.5 Å². The van der Waals surface area contributed by atoms with Gasteiger partial charge < -0.3 is 5.11 Å². The fraction of sp³-hybridized carbons (Fsp3) is 0.125. The molecule has 0 aromatic heterocycles. The smallest absolute Gasteiger partial charge is 0.333 e. The minimum absolute atomic E-state index is 0.0748. The number of halogens is 3. The SMILES string of the molecule is O=C(O)C1=CC[C@@H](c2cccc(Br)c2)N(S(=O)(=O)c2ccc(F)cc2)C1c1cccc(Cl)c1. The average Bonchev–Trinajstić information content (AvgIpc) is 2.78. The molecule has 2 atom stereocenters. The molecule has 1 aliphatic rings. The zero-order valence-corrected chi connectivity index (χ0v) is 20.2. The maximum Gasteiger partial charge on any atom is 0.333 e. The van der Waals surface area contributed by atoms with Crippen LogP contribution in [0.25, 0.3) is 0 Å². The molecule has 0 bridgehead atoms. The Kier molecular flexibility index (Phi) is 6.72. The van der Waals surface area contributed by atoms with Crippen molar-refractivity contribution in [2.75, 3.05) is 0 Å². The van der Waals surface area contributed by atoms with Crippen molar-refractivity contribution in [3.63, 3.8) is 0 Å². The first-order valence-corrected chi connectivity index (χ1v) is 12.5. The van der Waals surface area contributed by atoms with E-state index in [1.807, 2.05) is 6.07 Å². The van der Waals surface area contributed by atoms with E-state index in [0.29, 0.717) is 16.1 Å². The van der Waals surface area contributed by atoms with E-state index in [-0.39, 0.29) is 16.9 Å². The number of carboxylic acid groups (broad SMARTS) is 1. The highest BCUT2D eigenvalue weighted by Gasteiger charge is 2.44. The van der Waals surface area contributed by atoms with Crippen molar-refractivity contribution in [3.8, 4) is 0 Å². The molecule has 9 heteroatoms. The highest BCUT2D eigenvalue weighted by Crippen LogP contribution is 2.46. The second kappa shape index (κ2) is 9.38. The van der Waals surface area contributed by atoms with Crippen molar-refractivity contribution in [2.24, 2.45) is 0 Å². The largest absolute Gasteiger partial charge is 0.478 e. The molecule has 0 radical (unpaired) electrons. The van der Waals surface area contributed by atoms with Gasteiger partial charge in [-0.1, -0.05) is 57.9 Å². The fourth-order valence-corrected chi connectivity index (χ4v) is 6.40. The van der Waals surface area contributed by atoms with Crippen molar-refractivity contribution in [1.82, 2.24) is 4.31 Å². The molecule has 0 saturated carbocycles. The third-order valence-corrected chi connectivity index (χ3v) is 8.07. The second-order valence-electron chi connectivity index (χ2n) is 7.52. The summed E-state index contributed by atoms with van der Waals surface area (Å²) in [6, 6.07) is 16.3. The number of aliphatic carboxylic acids is 1. The summed E-state index contributed by atoms with van der Waals surface area (Å²) in [5.74, 6) is -1.80. The quantitative estimate of drug-likeness (QED) is 0.415. The number of carboxylic acids is 1. The summed E-state index contributed by atoms with van der Waals surface area (Å²) in [5.41, 5.74) is 1.03. The molecule has 0 fully saturated rings. The van der Waals surface area contributed by atoms with E-state index in [4.69, 9.17) is 11.6 Å². The van der Waals surface area contributed by atoms with Crippen LogP contribution in [-0.2, 0) is 14.8 Å². The van der Waals surface area contributed by atoms with Crippen LogP contribution in [0.5, 0.6) is 0 Å². The van der Waals surface area contributed by atoms with Gasteiger partial charge in [0.05, 0.1) is 22.6 Å². The summed E-state index contributed by atoms with van der Waals surface area (Å²) in [5, 5.41) is 10.3. The molecular formula is C24H18BrClFNO4S. The van der Waals surface area contributed by atoms with Gasteiger partial charge in [0.2, 0.25) is 10.0 Å². The van der Waals surface area contributed by atoms with Gasteiger partial charge >= 0.3 is 5.97 Å². The monoisotopic (exact) mass is 549 g/mol. The van der Waals surface area contributed by atoms with Crippen LogP contribution in [0, 0.1) is 5.82 Å². The molecule has 0 aliphatic carbocycles. The molecule has 4 rings (SSSR count). The zero-order chi connectivity index (χ0) is 23.8. The zero-order valence-electron chi connectivity index (χ0n) is 17.0. The number of rotatable bonds is 5.